The van der Waals surface area contributed by atoms with E-state index in [2.05, 4.69) is 9.88 Å². The molecular formula is C16H21N3O2. The molecule has 0 aromatic carbocycles. The minimum atomic E-state index is -0.704. The lowest BCUT2D eigenvalue weighted by molar-refractivity contribution is -0.150. The van der Waals surface area contributed by atoms with Crippen LogP contribution in [0.3, 0.4) is 0 Å². The second-order valence-electron chi connectivity index (χ2n) is 5.81. The first kappa shape index (κ1) is 14.1. The largest absolute Gasteiger partial charge is 0.480 e. The molecule has 2 aromatic rings. The Morgan fingerprint density at radius 1 is 1.48 bits per heavy atom. The summed E-state index contributed by atoms with van der Waals surface area (Å²) in [5, 5.41) is 9.72. The SMILES string of the molecule is CCCC1(C(=O)O)CCCN1Cc1cn2ccccc2n1. The van der Waals surface area contributed by atoms with Gasteiger partial charge in [-0.1, -0.05) is 19.4 Å². The molecule has 5 heteroatoms. The molecule has 1 aliphatic heterocycles. The molecule has 0 saturated carbocycles. The lowest BCUT2D eigenvalue weighted by atomic mass is 9.90. The quantitative estimate of drug-likeness (QED) is 0.918. The van der Waals surface area contributed by atoms with Gasteiger partial charge in [-0.3, -0.25) is 9.69 Å². The Balaban J connectivity index is 1.86. The van der Waals surface area contributed by atoms with E-state index >= 15 is 0 Å². The molecule has 1 unspecified atom stereocenters. The highest BCUT2D eigenvalue weighted by atomic mass is 16.4. The Morgan fingerprint density at radius 2 is 2.33 bits per heavy atom. The van der Waals surface area contributed by atoms with Crippen LogP contribution in [0.25, 0.3) is 5.65 Å². The molecule has 2 aromatic heterocycles. The van der Waals surface area contributed by atoms with E-state index in [4.69, 9.17) is 0 Å². The Kier molecular flexibility index (Phi) is 3.68. The summed E-state index contributed by atoms with van der Waals surface area (Å²) in [6.45, 7) is 3.49. The summed E-state index contributed by atoms with van der Waals surface area (Å²) in [4.78, 5) is 18.5. The Bertz CT molecular complexity index is 619. The predicted octanol–water partition coefficient (Wildman–Crippen LogP) is 2.55. The number of carbonyl (C=O) groups is 1. The van der Waals surface area contributed by atoms with Crippen LogP contribution in [-0.2, 0) is 11.3 Å². The van der Waals surface area contributed by atoms with Crippen LogP contribution in [0.5, 0.6) is 0 Å². The second kappa shape index (κ2) is 5.48. The van der Waals surface area contributed by atoms with Crippen molar-refractivity contribution < 1.29 is 9.90 Å². The third kappa shape index (κ3) is 2.42. The van der Waals surface area contributed by atoms with E-state index in [0.29, 0.717) is 13.0 Å². The number of imidazole rings is 1. The number of hydrogen-bond acceptors (Lipinski definition) is 3. The van der Waals surface area contributed by atoms with Crippen molar-refractivity contribution in [3.8, 4) is 0 Å². The van der Waals surface area contributed by atoms with Gasteiger partial charge in [-0.2, -0.15) is 0 Å². The first-order valence-corrected chi connectivity index (χ1v) is 7.57. The van der Waals surface area contributed by atoms with Crippen LogP contribution >= 0.6 is 0 Å². The number of nitrogens with zero attached hydrogens (tertiary/aromatic N) is 3. The van der Waals surface area contributed by atoms with Gasteiger partial charge in [0, 0.05) is 18.9 Å². The molecule has 0 radical (unpaired) electrons. The van der Waals surface area contributed by atoms with Gasteiger partial charge in [-0.15, -0.1) is 0 Å². The maximum Gasteiger partial charge on any atom is 0.324 e. The molecule has 3 heterocycles. The van der Waals surface area contributed by atoms with E-state index in [0.717, 1.165) is 37.1 Å². The van der Waals surface area contributed by atoms with Gasteiger partial charge in [0.15, 0.2) is 0 Å². The topological polar surface area (TPSA) is 57.8 Å². The van der Waals surface area contributed by atoms with Crippen molar-refractivity contribution >= 4 is 11.6 Å². The van der Waals surface area contributed by atoms with Gasteiger partial charge < -0.3 is 9.51 Å². The summed E-state index contributed by atoms with van der Waals surface area (Å²) in [7, 11) is 0. The van der Waals surface area contributed by atoms with E-state index in [9.17, 15) is 9.90 Å². The maximum atomic E-state index is 11.8. The number of rotatable bonds is 5. The zero-order chi connectivity index (χ0) is 14.9. The molecule has 0 amide bonds. The number of carboxylic acid groups (broad SMARTS) is 1. The first-order valence-electron chi connectivity index (χ1n) is 7.57. The normalized spacial score (nSPS) is 22.9. The van der Waals surface area contributed by atoms with Crippen LogP contribution < -0.4 is 0 Å². The van der Waals surface area contributed by atoms with Crippen LogP contribution in [0.15, 0.2) is 30.6 Å². The van der Waals surface area contributed by atoms with E-state index < -0.39 is 11.5 Å². The van der Waals surface area contributed by atoms with E-state index in [1.54, 1.807) is 0 Å². The van der Waals surface area contributed by atoms with Gasteiger partial charge in [0.05, 0.1) is 5.69 Å². The summed E-state index contributed by atoms with van der Waals surface area (Å²) < 4.78 is 1.98. The fourth-order valence-corrected chi connectivity index (χ4v) is 3.47. The second-order valence-corrected chi connectivity index (χ2v) is 5.81. The van der Waals surface area contributed by atoms with Gasteiger partial charge >= 0.3 is 5.97 Å². The van der Waals surface area contributed by atoms with Crippen molar-refractivity contribution in [1.29, 1.82) is 0 Å². The van der Waals surface area contributed by atoms with Crippen LogP contribution in [0.1, 0.15) is 38.3 Å². The average molecular weight is 287 g/mol. The van der Waals surface area contributed by atoms with Gasteiger partial charge in [-0.05, 0) is 37.9 Å². The molecule has 0 spiro atoms. The van der Waals surface area contributed by atoms with Crippen molar-refractivity contribution in [3.63, 3.8) is 0 Å². The minimum Gasteiger partial charge on any atom is -0.480 e. The zero-order valence-electron chi connectivity index (χ0n) is 12.3. The minimum absolute atomic E-state index is 0.605. The molecule has 1 atom stereocenters. The number of likely N-dealkylation sites (tertiary alicyclic amines) is 1. The highest BCUT2D eigenvalue weighted by Gasteiger charge is 2.46. The van der Waals surface area contributed by atoms with Gasteiger partial charge in [0.2, 0.25) is 0 Å². The lowest BCUT2D eigenvalue weighted by Crippen LogP contribution is -2.50. The molecule has 0 aliphatic carbocycles. The number of aromatic nitrogens is 2. The molecule has 5 nitrogen and oxygen atoms in total. The predicted molar refractivity (Wildman–Crippen MR) is 80.1 cm³/mol. The van der Waals surface area contributed by atoms with Gasteiger partial charge in [0.25, 0.3) is 0 Å². The number of fused-ring (bicyclic) bond motifs is 1. The van der Waals surface area contributed by atoms with Crippen molar-refractivity contribution in [1.82, 2.24) is 14.3 Å². The molecule has 112 valence electrons. The maximum absolute atomic E-state index is 11.8. The number of carboxylic acids is 1. The molecular weight excluding hydrogens is 266 g/mol. The van der Waals surface area contributed by atoms with Crippen LogP contribution in [0.2, 0.25) is 0 Å². The molecule has 0 bridgehead atoms. The van der Waals surface area contributed by atoms with Crippen LogP contribution in [0, 0.1) is 0 Å². The number of aliphatic carboxylic acids is 1. The van der Waals surface area contributed by atoms with Crippen LogP contribution in [-0.4, -0.2) is 37.4 Å². The molecule has 21 heavy (non-hydrogen) atoms. The summed E-state index contributed by atoms with van der Waals surface area (Å²) in [6, 6.07) is 5.89. The standard InChI is InChI=1S/C16H21N3O2/c1-2-7-16(15(20)21)8-5-10-19(16)12-13-11-18-9-4-3-6-14(18)17-13/h3-4,6,9,11H,2,5,7-8,10,12H2,1H3,(H,20,21). The fraction of sp³-hybridized carbons (Fsp3) is 0.500. The average Bonchev–Trinajstić information content (AvgIpc) is 3.04. The summed E-state index contributed by atoms with van der Waals surface area (Å²) >= 11 is 0. The van der Waals surface area contributed by atoms with Crippen molar-refractivity contribution in [2.45, 2.75) is 44.7 Å². The molecule has 3 rings (SSSR count). The summed E-state index contributed by atoms with van der Waals surface area (Å²) in [5.74, 6) is -0.689. The van der Waals surface area contributed by atoms with E-state index in [1.165, 1.54) is 0 Å². The van der Waals surface area contributed by atoms with Crippen LogP contribution in [0.4, 0.5) is 0 Å². The van der Waals surface area contributed by atoms with Gasteiger partial charge in [-0.25, -0.2) is 4.98 Å². The Morgan fingerprint density at radius 3 is 3.05 bits per heavy atom. The third-order valence-electron chi connectivity index (χ3n) is 4.45. The Labute approximate surface area is 124 Å². The molecule has 1 fully saturated rings. The molecule has 1 N–H and O–H groups in total. The van der Waals surface area contributed by atoms with E-state index in [-0.39, 0.29) is 0 Å². The summed E-state index contributed by atoms with van der Waals surface area (Å²) in [5.41, 5.74) is 1.14. The highest BCUT2D eigenvalue weighted by molar-refractivity contribution is 5.79. The Hall–Kier alpha value is -1.88. The molecule has 1 aliphatic rings. The van der Waals surface area contributed by atoms with E-state index in [1.807, 2.05) is 41.9 Å². The first-order chi connectivity index (χ1) is 10.2. The van der Waals surface area contributed by atoms with Crippen molar-refractivity contribution in [2.24, 2.45) is 0 Å². The smallest absolute Gasteiger partial charge is 0.324 e. The lowest BCUT2D eigenvalue weighted by Gasteiger charge is -2.34. The summed E-state index contributed by atoms with van der Waals surface area (Å²) in [6.07, 6.45) is 7.23. The number of hydrogen-bond donors (Lipinski definition) is 1. The highest BCUT2D eigenvalue weighted by Crippen LogP contribution is 2.35. The monoisotopic (exact) mass is 287 g/mol. The van der Waals surface area contributed by atoms with Gasteiger partial charge in [0.1, 0.15) is 11.2 Å². The third-order valence-corrected chi connectivity index (χ3v) is 4.45. The molecule has 1 saturated heterocycles. The zero-order valence-corrected chi connectivity index (χ0v) is 12.3. The number of pyridine rings is 1. The van der Waals surface area contributed by atoms with Crippen molar-refractivity contribution in [3.05, 3.63) is 36.3 Å². The van der Waals surface area contributed by atoms with Crippen molar-refractivity contribution in [2.75, 3.05) is 6.54 Å². The fourth-order valence-electron chi connectivity index (χ4n) is 3.47.